The second-order valence-corrected chi connectivity index (χ2v) is 6.93. The van der Waals surface area contributed by atoms with Gasteiger partial charge in [-0.15, -0.1) is 0 Å². The van der Waals surface area contributed by atoms with Crippen LogP contribution in [0.5, 0.6) is 5.75 Å². The Kier molecular flexibility index (Phi) is 6.34. The molecule has 1 amide bonds. The van der Waals surface area contributed by atoms with E-state index < -0.39 is 17.7 Å². The number of benzene rings is 2. The molecule has 1 atom stereocenters. The van der Waals surface area contributed by atoms with Crippen molar-refractivity contribution in [1.29, 1.82) is 0 Å². The fourth-order valence-corrected chi connectivity index (χ4v) is 3.65. The van der Waals surface area contributed by atoms with Crippen LogP contribution in [0.1, 0.15) is 29.2 Å². The number of ether oxygens (including phenoxy) is 2. The topological polar surface area (TPSA) is 76.1 Å². The van der Waals surface area contributed by atoms with Gasteiger partial charge in [0.1, 0.15) is 11.5 Å². The lowest BCUT2D eigenvalue weighted by atomic mass is 9.95. The molecule has 1 unspecified atom stereocenters. The summed E-state index contributed by atoms with van der Waals surface area (Å²) in [6.45, 7) is 2.69. The highest BCUT2D eigenvalue weighted by molar-refractivity contribution is 6.46. The molecule has 29 heavy (non-hydrogen) atoms. The number of likely N-dealkylation sites (tertiary alicyclic amines) is 1. The second kappa shape index (κ2) is 8.92. The van der Waals surface area contributed by atoms with E-state index in [-0.39, 0.29) is 11.3 Å². The van der Waals surface area contributed by atoms with Gasteiger partial charge in [-0.3, -0.25) is 9.59 Å². The molecule has 1 saturated heterocycles. The van der Waals surface area contributed by atoms with Crippen LogP contribution in [0.15, 0.2) is 54.1 Å². The zero-order chi connectivity index (χ0) is 21.0. The SMILES string of the molecule is COCCCN1C(=O)C(=O)C(=C(O)c2ccc(OC)c(C)c2)C1c1ccccc1. The fraction of sp³-hybridized carbons (Fsp3) is 0.304. The summed E-state index contributed by atoms with van der Waals surface area (Å²) in [5.41, 5.74) is 2.17. The van der Waals surface area contributed by atoms with Crippen LogP contribution in [0.2, 0.25) is 0 Å². The molecule has 1 aliphatic heterocycles. The molecular weight excluding hydrogens is 370 g/mol. The van der Waals surface area contributed by atoms with Gasteiger partial charge in [0.2, 0.25) is 0 Å². The number of aliphatic hydroxyl groups excluding tert-OH is 1. The molecule has 0 saturated carbocycles. The molecule has 6 heteroatoms. The summed E-state index contributed by atoms with van der Waals surface area (Å²) in [6, 6.07) is 13.8. The monoisotopic (exact) mass is 395 g/mol. The number of nitrogens with zero attached hydrogens (tertiary/aromatic N) is 1. The van der Waals surface area contributed by atoms with Crippen molar-refractivity contribution in [2.75, 3.05) is 27.4 Å². The maximum atomic E-state index is 12.9. The van der Waals surface area contributed by atoms with Crippen LogP contribution < -0.4 is 4.74 Å². The number of carbonyl (C=O) groups excluding carboxylic acids is 2. The van der Waals surface area contributed by atoms with Crippen LogP contribution in [0, 0.1) is 6.92 Å². The summed E-state index contributed by atoms with van der Waals surface area (Å²) in [5, 5.41) is 11.0. The van der Waals surface area contributed by atoms with Gasteiger partial charge in [-0.2, -0.15) is 0 Å². The summed E-state index contributed by atoms with van der Waals surface area (Å²) in [5.74, 6) is -0.789. The van der Waals surface area contributed by atoms with E-state index in [4.69, 9.17) is 9.47 Å². The molecular formula is C23H25NO5. The minimum atomic E-state index is -0.678. The molecule has 1 N–H and O–H groups in total. The molecule has 6 nitrogen and oxygen atoms in total. The highest BCUT2D eigenvalue weighted by Crippen LogP contribution is 2.39. The Morgan fingerprint density at radius 2 is 1.83 bits per heavy atom. The van der Waals surface area contributed by atoms with Gasteiger partial charge in [-0.25, -0.2) is 0 Å². The van der Waals surface area contributed by atoms with Crippen molar-refractivity contribution in [3.63, 3.8) is 0 Å². The molecule has 1 heterocycles. The highest BCUT2D eigenvalue weighted by atomic mass is 16.5. The van der Waals surface area contributed by atoms with E-state index in [1.165, 1.54) is 4.90 Å². The smallest absolute Gasteiger partial charge is 0.295 e. The van der Waals surface area contributed by atoms with Crippen LogP contribution >= 0.6 is 0 Å². The average Bonchev–Trinajstić information content (AvgIpc) is 2.99. The van der Waals surface area contributed by atoms with Crippen molar-refractivity contribution in [1.82, 2.24) is 4.90 Å². The van der Waals surface area contributed by atoms with Crippen molar-refractivity contribution in [2.24, 2.45) is 0 Å². The molecule has 152 valence electrons. The van der Waals surface area contributed by atoms with Crippen molar-refractivity contribution in [2.45, 2.75) is 19.4 Å². The average molecular weight is 395 g/mol. The summed E-state index contributed by atoms with van der Waals surface area (Å²) < 4.78 is 10.4. The Bertz CT molecular complexity index is 936. The second-order valence-electron chi connectivity index (χ2n) is 6.93. The van der Waals surface area contributed by atoms with Crippen LogP contribution in [-0.4, -0.2) is 49.1 Å². The summed E-state index contributed by atoms with van der Waals surface area (Å²) >= 11 is 0. The maximum absolute atomic E-state index is 12.9. The fourth-order valence-electron chi connectivity index (χ4n) is 3.65. The van der Waals surface area contributed by atoms with Gasteiger partial charge < -0.3 is 19.5 Å². The highest BCUT2D eigenvalue weighted by Gasteiger charge is 2.45. The number of carbonyl (C=O) groups is 2. The number of Topliss-reactive ketones (excluding diaryl/α,β-unsaturated/α-hetero) is 1. The van der Waals surface area contributed by atoms with Gasteiger partial charge in [0.25, 0.3) is 11.7 Å². The van der Waals surface area contributed by atoms with Crippen molar-refractivity contribution in [3.05, 3.63) is 70.8 Å². The number of aliphatic hydroxyl groups is 1. The standard InChI is InChI=1S/C23H25NO5/c1-15-14-17(10-11-18(15)29-3)21(25)19-20(16-8-5-4-6-9-16)24(12-7-13-28-2)23(27)22(19)26/h4-6,8-11,14,20,25H,7,12-13H2,1-3H3. The van der Waals surface area contributed by atoms with Crippen molar-refractivity contribution in [3.8, 4) is 5.75 Å². The first kappa shape index (κ1) is 20.6. The minimum Gasteiger partial charge on any atom is -0.507 e. The summed E-state index contributed by atoms with van der Waals surface area (Å²) in [4.78, 5) is 27.2. The van der Waals surface area contributed by atoms with Crippen molar-refractivity contribution >= 4 is 17.4 Å². The molecule has 0 radical (unpaired) electrons. The predicted molar refractivity (Wildman–Crippen MR) is 110 cm³/mol. The first-order valence-electron chi connectivity index (χ1n) is 9.47. The van der Waals surface area contributed by atoms with E-state index >= 15 is 0 Å². The number of ketones is 1. The number of rotatable bonds is 7. The van der Waals surface area contributed by atoms with Gasteiger partial charge in [0, 0.05) is 25.8 Å². The molecule has 0 spiro atoms. The van der Waals surface area contributed by atoms with Gasteiger partial charge in [-0.1, -0.05) is 30.3 Å². The normalized spacial score (nSPS) is 18.3. The zero-order valence-corrected chi connectivity index (χ0v) is 16.8. The third-order valence-electron chi connectivity index (χ3n) is 5.07. The minimum absolute atomic E-state index is 0.100. The number of hydrogen-bond donors (Lipinski definition) is 1. The van der Waals surface area contributed by atoms with Crippen LogP contribution in [-0.2, 0) is 14.3 Å². The lowest BCUT2D eigenvalue weighted by Crippen LogP contribution is -2.31. The van der Waals surface area contributed by atoms with E-state index in [1.807, 2.05) is 37.3 Å². The quantitative estimate of drug-likeness (QED) is 0.336. The summed E-state index contributed by atoms with van der Waals surface area (Å²) in [6.07, 6.45) is 0.592. The predicted octanol–water partition coefficient (Wildman–Crippen LogP) is 3.46. The zero-order valence-electron chi connectivity index (χ0n) is 16.8. The molecule has 1 fully saturated rings. The first-order chi connectivity index (χ1) is 14.0. The number of aryl methyl sites for hydroxylation is 1. The molecule has 3 rings (SSSR count). The van der Waals surface area contributed by atoms with E-state index in [2.05, 4.69) is 0 Å². The van der Waals surface area contributed by atoms with E-state index in [0.29, 0.717) is 30.9 Å². The van der Waals surface area contributed by atoms with Gasteiger partial charge >= 0.3 is 0 Å². The Hall–Kier alpha value is -3.12. The number of methoxy groups -OCH3 is 2. The summed E-state index contributed by atoms with van der Waals surface area (Å²) in [7, 11) is 3.16. The third kappa shape index (κ3) is 4.03. The Labute approximate surface area is 170 Å². The molecule has 0 aromatic heterocycles. The van der Waals surface area contributed by atoms with E-state index in [1.54, 1.807) is 32.4 Å². The van der Waals surface area contributed by atoms with Gasteiger partial charge in [0.05, 0.1) is 18.7 Å². The third-order valence-corrected chi connectivity index (χ3v) is 5.07. The van der Waals surface area contributed by atoms with E-state index in [9.17, 15) is 14.7 Å². The Morgan fingerprint density at radius 3 is 2.45 bits per heavy atom. The Morgan fingerprint density at radius 1 is 1.10 bits per heavy atom. The molecule has 2 aromatic rings. The van der Waals surface area contributed by atoms with Crippen molar-refractivity contribution < 1.29 is 24.2 Å². The maximum Gasteiger partial charge on any atom is 0.295 e. The van der Waals surface area contributed by atoms with Gasteiger partial charge in [-0.05, 0) is 42.7 Å². The Balaban J connectivity index is 2.11. The number of amides is 1. The van der Waals surface area contributed by atoms with E-state index in [0.717, 1.165) is 11.1 Å². The molecule has 2 aromatic carbocycles. The van der Waals surface area contributed by atoms with Gasteiger partial charge in [0.15, 0.2) is 0 Å². The molecule has 0 aliphatic carbocycles. The molecule has 1 aliphatic rings. The number of hydrogen-bond acceptors (Lipinski definition) is 5. The largest absolute Gasteiger partial charge is 0.507 e. The first-order valence-corrected chi connectivity index (χ1v) is 9.47. The van der Waals surface area contributed by atoms with Crippen LogP contribution in [0.3, 0.4) is 0 Å². The lowest BCUT2D eigenvalue weighted by Gasteiger charge is -2.25. The van der Waals surface area contributed by atoms with Crippen LogP contribution in [0.25, 0.3) is 5.76 Å². The molecule has 0 bridgehead atoms. The van der Waals surface area contributed by atoms with Crippen LogP contribution in [0.4, 0.5) is 0 Å². The lowest BCUT2D eigenvalue weighted by molar-refractivity contribution is -0.140.